The van der Waals surface area contributed by atoms with Crippen LogP contribution in [0.4, 0.5) is 0 Å². The van der Waals surface area contributed by atoms with Crippen LogP contribution in [0.25, 0.3) is 0 Å². The standard InChI is InChI=1S/C20H30N2O3/c1-24-18-9-5-16(12-19(18)25-2)14-22-11-3-4-15(13-22)6-10-20(23)21-17-7-8-17/h5,9,12,15,17H,3-4,6-8,10-11,13-14H2,1-2H3,(H,21,23)/t15-/m1/s1. The highest BCUT2D eigenvalue weighted by molar-refractivity contribution is 5.76. The van der Waals surface area contributed by atoms with Gasteiger partial charge in [0.25, 0.3) is 0 Å². The first-order chi connectivity index (χ1) is 12.2. The Morgan fingerprint density at radius 2 is 2.00 bits per heavy atom. The van der Waals surface area contributed by atoms with Crippen molar-refractivity contribution in [2.24, 2.45) is 5.92 Å². The third-order valence-electron chi connectivity index (χ3n) is 5.18. The molecule has 1 amide bonds. The molecule has 0 radical (unpaired) electrons. The molecule has 0 spiro atoms. The van der Waals surface area contributed by atoms with Gasteiger partial charge in [0.1, 0.15) is 0 Å². The molecule has 5 nitrogen and oxygen atoms in total. The van der Waals surface area contributed by atoms with E-state index in [0.717, 1.165) is 50.4 Å². The van der Waals surface area contributed by atoms with Gasteiger partial charge < -0.3 is 14.8 Å². The summed E-state index contributed by atoms with van der Waals surface area (Å²) < 4.78 is 10.7. The van der Waals surface area contributed by atoms with Gasteiger partial charge in [-0.05, 0) is 62.3 Å². The van der Waals surface area contributed by atoms with Crippen molar-refractivity contribution in [1.29, 1.82) is 0 Å². The lowest BCUT2D eigenvalue weighted by Gasteiger charge is -2.32. The van der Waals surface area contributed by atoms with Crippen molar-refractivity contribution in [2.45, 2.75) is 51.1 Å². The first kappa shape index (κ1) is 18.1. The molecule has 1 aliphatic heterocycles. The summed E-state index contributed by atoms with van der Waals surface area (Å²) in [5.74, 6) is 2.41. The van der Waals surface area contributed by atoms with Crippen molar-refractivity contribution in [3.05, 3.63) is 23.8 Å². The summed E-state index contributed by atoms with van der Waals surface area (Å²) >= 11 is 0. The highest BCUT2D eigenvalue weighted by atomic mass is 16.5. The number of methoxy groups -OCH3 is 2. The van der Waals surface area contributed by atoms with Gasteiger partial charge in [-0.3, -0.25) is 9.69 Å². The summed E-state index contributed by atoms with van der Waals surface area (Å²) in [5, 5.41) is 3.09. The number of benzene rings is 1. The average Bonchev–Trinajstić information content (AvgIpc) is 3.44. The summed E-state index contributed by atoms with van der Waals surface area (Å²) in [5.41, 5.74) is 1.24. The highest BCUT2D eigenvalue weighted by Crippen LogP contribution is 2.29. The van der Waals surface area contributed by atoms with Crippen LogP contribution in [0.3, 0.4) is 0 Å². The first-order valence-electron chi connectivity index (χ1n) is 9.40. The van der Waals surface area contributed by atoms with Crippen LogP contribution in [-0.4, -0.2) is 44.2 Å². The van der Waals surface area contributed by atoms with Crippen LogP contribution < -0.4 is 14.8 Å². The Kier molecular flexibility index (Phi) is 6.19. The number of piperidine rings is 1. The molecule has 0 unspecified atom stereocenters. The minimum Gasteiger partial charge on any atom is -0.493 e. The van der Waals surface area contributed by atoms with E-state index in [4.69, 9.17) is 9.47 Å². The van der Waals surface area contributed by atoms with Crippen molar-refractivity contribution < 1.29 is 14.3 Å². The van der Waals surface area contributed by atoms with Gasteiger partial charge in [0.15, 0.2) is 11.5 Å². The van der Waals surface area contributed by atoms with Crippen molar-refractivity contribution in [2.75, 3.05) is 27.3 Å². The average molecular weight is 346 g/mol. The Balaban J connectivity index is 1.48. The quantitative estimate of drug-likeness (QED) is 0.786. The summed E-state index contributed by atoms with van der Waals surface area (Å²) in [6.07, 6.45) is 6.44. The number of rotatable bonds is 8. The fourth-order valence-corrected chi connectivity index (χ4v) is 3.63. The van der Waals surface area contributed by atoms with E-state index in [1.165, 1.54) is 18.4 Å². The molecule has 1 saturated heterocycles. The summed E-state index contributed by atoms with van der Waals surface area (Å²) in [6, 6.07) is 6.61. The van der Waals surface area contributed by atoms with Crippen LogP contribution in [0.2, 0.25) is 0 Å². The number of hydrogen-bond acceptors (Lipinski definition) is 4. The molecule has 1 aromatic carbocycles. The molecule has 0 bridgehead atoms. The third-order valence-corrected chi connectivity index (χ3v) is 5.18. The Morgan fingerprint density at radius 3 is 2.72 bits per heavy atom. The van der Waals surface area contributed by atoms with Crippen LogP contribution in [0.1, 0.15) is 44.1 Å². The topological polar surface area (TPSA) is 50.8 Å². The van der Waals surface area contributed by atoms with Gasteiger partial charge in [-0.25, -0.2) is 0 Å². The van der Waals surface area contributed by atoms with Gasteiger partial charge in [-0.1, -0.05) is 6.07 Å². The minimum atomic E-state index is 0.236. The number of amides is 1. The normalized spacial score (nSPS) is 21.0. The molecule has 0 aromatic heterocycles. The number of likely N-dealkylation sites (tertiary alicyclic amines) is 1. The van der Waals surface area contributed by atoms with Crippen LogP contribution in [0, 0.1) is 5.92 Å². The Morgan fingerprint density at radius 1 is 1.20 bits per heavy atom. The van der Waals surface area contributed by atoms with Crippen LogP contribution in [0.5, 0.6) is 11.5 Å². The predicted molar refractivity (Wildman–Crippen MR) is 97.9 cm³/mol. The van der Waals surface area contributed by atoms with Gasteiger partial charge in [-0.15, -0.1) is 0 Å². The maximum absolute atomic E-state index is 11.9. The molecular weight excluding hydrogens is 316 g/mol. The zero-order valence-electron chi connectivity index (χ0n) is 15.4. The molecule has 1 N–H and O–H groups in total. The number of ether oxygens (including phenoxy) is 2. The Hall–Kier alpha value is -1.75. The second kappa shape index (κ2) is 8.56. The van der Waals surface area contributed by atoms with Gasteiger partial charge in [0.2, 0.25) is 5.91 Å². The maximum atomic E-state index is 11.9. The molecule has 1 aliphatic carbocycles. The number of nitrogens with zero attached hydrogens (tertiary/aromatic N) is 1. The third kappa shape index (κ3) is 5.36. The lowest BCUT2D eigenvalue weighted by Crippen LogP contribution is -2.35. The van der Waals surface area contributed by atoms with E-state index in [-0.39, 0.29) is 5.91 Å². The van der Waals surface area contributed by atoms with E-state index in [9.17, 15) is 4.79 Å². The van der Waals surface area contributed by atoms with Crippen molar-refractivity contribution >= 4 is 5.91 Å². The number of nitrogens with one attached hydrogen (secondary N) is 1. The van der Waals surface area contributed by atoms with Crippen molar-refractivity contribution in [3.8, 4) is 11.5 Å². The van der Waals surface area contributed by atoms with Gasteiger partial charge in [-0.2, -0.15) is 0 Å². The molecule has 2 aliphatic rings. The van der Waals surface area contributed by atoms with E-state index in [1.807, 2.05) is 6.07 Å². The van der Waals surface area contributed by atoms with Crippen molar-refractivity contribution in [3.63, 3.8) is 0 Å². The number of carbonyl (C=O) groups is 1. The Labute approximate surface area is 150 Å². The van der Waals surface area contributed by atoms with Gasteiger partial charge in [0, 0.05) is 25.6 Å². The molecule has 3 rings (SSSR count). The van der Waals surface area contributed by atoms with Crippen LogP contribution in [-0.2, 0) is 11.3 Å². The lowest BCUT2D eigenvalue weighted by atomic mass is 9.93. The highest BCUT2D eigenvalue weighted by Gasteiger charge is 2.25. The van der Waals surface area contributed by atoms with E-state index in [1.54, 1.807) is 14.2 Å². The van der Waals surface area contributed by atoms with Crippen LogP contribution >= 0.6 is 0 Å². The Bertz CT molecular complexity index is 586. The van der Waals surface area contributed by atoms with E-state index < -0.39 is 0 Å². The molecule has 2 fully saturated rings. The minimum absolute atomic E-state index is 0.236. The van der Waals surface area contributed by atoms with E-state index in [2.05, 4.69) is 22.3 Å². The zero-order valence-corrected chi connectivity index (χ0v) is 15.4. The second-order valence-electron chi connectivity index (χ2n) is 7.31. The summed E-state index contributed by atoms with van der Waals surface area (Å²) in [7, 11) is 3.33. The lowest BCUT2D eigenvalue weighted by molar-refractivity contribution is -0.121. The van der Waals surface area contributed by atoms with Gasteiger partial charge >= 0.3 is 0 Å². The van der Waals surface area contributed by atoms with Crippen LogP contribution in [0.15, 0.2) is 18.2 Å². The first-order valence-corrected chi connectivity index (χ1v) is 9.40. The summed E-state index contributed by atoms with van der Waals surface area (Å²) in [4.78, 5) is 14.4. The molecule has 1 aromatic rings. The SMILES string of the molecule is COc1ccc(CN2CCC[C@H](CCC(=O)NC3CC3)C2)cc1OC. The summed E-state index contributed by atoms with van der Waals surface area (Å²) in [6.45, 7) is 3.12. The monoisotopic (exact) mass is 346 g/mol. The molecular formula is C20H30N2O3. The number of carbonyl (C=O) groups excluding carboxylic acids is 1. The second-order valence-corrected chi connectivity index (χ2v) is 7.31. The smallest absolute Gasteiger partial charge is 0.220 e. The molecule has 1 saturated carbocycles. The number of hydrogen-bond donors (Lipinski definition) is 1. The molecule has 25 heavy (non-hydrogen) atoms. The van der Waals surface area contributed by atoms with Crippen molar-refractivity contribution in [1.82, 2.24) is 10.2 Å². The zero-order chi connectivity index (χ0) is 17.6. The molecule has 138 valence electrons. The van der Waals surface area contributed by atoms with Gasteiger partial charge in [0.05, 0.1) is 14.2 Å². The fourth-order valence-electron chi connectivity index (χ4n) is 3.63. The molecule has 5 heteroatoms. The predicted octanol–water partition coefficient (Wildman–Crippen LogP) is 2.97. The molecule has 1 atom stereocenters. The van der Waals surface area contributed by atoms with E-state index >= 15 is 0 Å². The fraction of sp³-hybridized carbons (Fsp3) is 0.650. The maximum Gasteiger partial charge on any atom is 0.220 e. The molecule has 1 heterocycles. The largest absolute Gasteiger partial charge is 0.493 e. The van der Waals surface area contributed by atoms with E-state index in [0.29, 0.717) is 18.4 Å².